The number of aryl methyl sites for hydroxylation is 1. The third-order valence-corrected chi connectivity index (χ3v) is 4.89. The van der Waals surface area contributed by atoms with Crippen LogP contribution in [0.15, 0.2) is 47.6 Å². The Balaban J connectivity index is 1.95. The molecule has 3 rings (SSSR count). The van der Waals surface area contributed by atoms with Gasteiger partial charge in [0.15, 0.2) is 0 Å². The molecule has 1 heterocycles. The highest BCUT2D eigenvalue weighted by molar-refractivity contribution is 7.16. The molecule has 0 saturated heterocycles. The number of rotatable bonds is 4. The van der Waals surface area contributed by atoms with Crippen LogP contribution in [0.5, 0.6) is 0 Å². The number of thiazole rings is 1. The number of benzene rings is 2. The Hall–Kier alpha value is -3.53. The number of non-ortho nitro benzene ring substituents is 1. The van der Waals surface area contributed by atoms with E-state index in [1.807, 2.05) is 35.9 Å². The second kappa shape index (κ2) is 7.38. The average Bonchev–Trinajstić information content (AvgIpc) is 3.01. The number of ether oxygens (including phenoxy) is 1. The number of nitro groups is 1. The maximum Gasteiger partial charge on any atom is 0.338 e. The highest BCUT2D eigenvalue weighted by atomic mass is 32.1. The van der Waals surface area contributed by atoms with Crippen molar-refractivity contribution in [2.75, 3.05) is 7.11 Å². The van der Waals surface area contributed by atoms with E-state index in [0.717, 1.165) is 29.5 Å². The second-order valence-corrected chi connectivity index (χ2v) is 6.49. The van der Waals surface area contributed by atoms with Crippen LogP contribution in [0.1, 0.15) is 20.7 Å². The molecule has 0 aliphatic heterocycles. The van der Waals surface area contributed by atoms with E-state index in [1.54, 1.807) is 0 Å². The SMILES string of the molecule is COC(=O)c1cc(C(=O)N/N=c2\sc3ccccc3n2C)cc([N+](=O)[O-])c1. The molecule has 0 radical (unpaired) electrons. The van der Waals surface area contributed by atoms with Crippen molar-refractivity contribution in [1.29, 1.82) is 0 Å². The Morgan fingerprint density at radius 1 is 1.22 bits per heavy atom. The quantitative estimate of drug-likeness (QED) is 0.419. The molecule has 0 fully saturated rings. The number of carbonyl (C=O) groups is 2. The third-order valence-electron chi connectivity index (χ3n) is 3.78. The number of hydrogen-bond donors (Lipinski definition) is 1. The summed E-state index contributed by atoms with van der Waals surface area (Å²) in [5, 5.41) is 15.1. The molecule has 0 unspecified atom stereocenters. The molecule has 0 saturated carbocycles. The van der Waals surface area contributed by atoms with Gasteiger partial charge >= 0.3 is 5.97 Å². The summed E-state index contributed by atoms with van der Waals surface area (Å²) < 4.78 is 7.38. The summed E-state index contributed by atoms with van der Waals surface area (Å²) in [4.78, 5) is 35.0. The number of esters is 1. The average molecular weight is 386 g/mol. The van der Waals surface area contributed by atoms with E-state index in [2.05, 4.69) is 15.3 Å². The first-order valence-corrected chi connectivity index (χ1v) is 8.49. The molecule has 3 aromatic rings. The maximum atomic E-state index is 12.4. The number of hydrogen-bond acceptors (Lipinski definition) is 7. The zero-order chi connectivity index (χ0) is 19.6. The first kappa shape index (κ1) is 18.3. The number of aromatic nitrogens is 1. The van der Waals surface area contributed by atoms with Gasteiger partial charge < -0.3 is 9.30 Å². The van der Waals surface area contributed by atoms with Gasteiger partial charge in [-0.1, -0.05) is 23.5 Å². The molecule has 10 heteroatoms. The zero-order valence-corrected chi connectivity index (χ0v) is 15.1. The van der Waals surface area contributed by atoms with Gasteiger partial charge in [-0.2, -0.15) is 0 Å². The fourth-order valence-corrected chi connectivity index (χ4v) is 3.41. The summed E-state index contributed by atoms with van der Waals surface area (Å²) in [6.45, 7) is 0. The van der Waals surface area contributed by atoms with Gasteiger partial charge in [0.2, 0.25) is 4.80 Å². The molecule has 9 nitrogen and oxygen atoms in total. The molecule has 1 amide bonds. The first-order chi connectivity index (χ1) is 12.9. The first-order valence-electron chi connectivity index (χ1n) is 7.67. The van der Waals surface area contributed by atoms with Crippen LogP contribution in [0.4, 0.5) is 5.69 Å². The lowest BCUT2D eigenvalue weighted by atomic mass is 10.1. The van der Waals surface area contributed by atoms with Crippen LogP contribution in [0.3, 0.4) is 0 Å². The van der Waals surface area contributed by atoms with Crippen molar-refractivity contribution in [2.24, 2.45) is 12.1 Å². The van der Waals surface area contributed by atoms with Crippen LogP contribution in [0, 0.1) is 10.1 Å². The Labute approximate surface area is 156 Å². The van der Waals surface area contributed by atoms with E-state index in [4.69, 9.17) is 0 Å². The van der Waals surface area contributed by atoms with Crippen LogP contribution < -0.4 is 10.2 Å². The molecule has 0 spiro atoms. The van der Waals surface area contributed by atoms with Crippen molar-refractivity contribution in [3.8, 4) is 0 Å². The van der Waals surface area contributed by atoms with E-state index in [0.29, 0.717) is 4.80 Å². The molecule has 2 aromatic carbocycles. The monoisotopic (exact) mass is 386 g/mol. The Bertz CT molecular complexity index is 1130. The largest absolute Gasteiger partial charge is 0.465 e. The molecule has 27 heavy (non-hydrogen) atoms. The number of para-hydroxylation sites is 1. The summed E-state index contributed by atoms with van der Waals surface area (Å²) in [6.07, 6.45) is 0. The van der Waals surface area contributed by atoms with E-state index < -0.39 is 22.5 Å². The summed E-state index contributed by atoms with van der Waals surface area (Å²) in [5.41, 5.74) is 2.77. The number of nitro benzene ring substituents is 1. The summed E-state index contributed by atoms with van der Waals surface area (Å²) in [6, 6.07) is 11.0. The molecule has 0 aliphatic carbocycles. The second-order valence-electron chi connectivity index (χ2n) is 5.48. The Morgan fingerprint density at radius 3 is 2.59 bits per heavy atom. The standard InChI is InChI=1S/C17H14N4O5S/c1-20-13-5-3-4-6-14(13)27-17(20)19-18-15(22)10-7-11(16(23)26-2)9-12(8-10)21(24)25/h3-9H,1-2H3,(H,18,22)/b19-17-. The number of amides is 1. The molecule has 0 bridgehead atoms. The molecule has 1 N–H and O–H groups in total. The summed E-state index contributed by atoms with van der Waals surface area (Å²) in [5.74, 6) is -1.46. The van der Waals surface area contributed by atoms with Gasteiger partial charge in [-0.05, 0) is 18.2 Å². The minimum Gasteiger partial charge on any atom is -0.465 e. The van der Waals surface area contributed by atoms with Crippen LogP contribution in [-0.4, -0.2) is 28.5 Å². The molecule has 0 aliphatic rings. The number of nitrogens with one attached hydrogen (secondary N) is 1. The van der Waals surface area contributed by atoms with Gasteiger partial charge in [-0.15, -0.1) is 5.10 Å². The number of methoxy groups -OCH3 is 1. The van der Waals surface area contributed by atoms with Crippen LogP contribution in [0.2, 0.25) is 0 Å². The van der Waals surface area contributed by atoms with Gasteiger partial charge in [0.1, 0.15) is 0 Å². The van der Waals surface area contributed by atoms with Gasteiger partial charge in [-0.25, -0.2) is 10.2 Å². The van der Waals surface area contributed by atoms with Gasteiger partial charge in [0, 0.05) is 24.7 Å². The highest BCUT2D eigenvalue weighted by Crippen LogP contribution is 2.18. The minimum atomic E-state index is -0.777. The van der Waals surface area contributed by atoms with Crippen LogP contribution >= 0.6 is 11.3 Å². The number of carbonyl (C=O) groups excluding carboxylic acids is 2. The lowest BCUT2D eigenvalue weighted by Gasteiger charge is -2.04. The Kier molecular flexibility index (Phi) is 4.99. The molecule has 0 atom stereocenters. The van der Waals surface area contributed by atoms with Gasteiger partial charge in [0.25, 0.3) is 11.6 Å². The minimum absolute atomic E-state index is 0.0721. The van der Waals surface area contributed by atoms with E-state index in [9.17, 15) is 19.7 Å². The van der Waals surface area contributed by atoms with Gasteiger partial charge in [-0.3, -0.25) is 14.9 Å². The number of fused-ring (bicyclic) bond motifs is 1. The topological polar surface area (TPSA) is 116 Å². The highest BCUT2D eigenvalue weighted by Gasteiger charge is 2.18. The normalized spacial score (nSPS) is 11.4. The van der Waals surface area contributed by atoms with Crippen molar-refractivity contribution in [1.82, 2.24) is 9.99 Å². The molecule has 138 valence electrons. The van der Waals surface area contributed by atoms with Gasteiger partial charge in [0.05, 0.1) is 27.8 Å². The third kappa shape index (κ3) is 3.70. The van der Waals surface area contributed by atoms with Crippen molar-refractivity contribution in [2.45, 2.75) is 0 Å². The fraction of sp³-hybridized carbons (Fsp3) is 0.118. The van der Waals surface area contributed by atoms with E-state index in [-0.39, 0.29) is 11.1 Å². The maximum absolute atomic E-state index is 12.4. The lowest BCUT2D eigenvalue weighted by Crippen LogP contribution is -2.23. The summed E-state index contributed by atoms with van der Waals surface area (Å²) >= 11 is 1.38. The van der Waals surface area contributed by atoms with Crippen molar-refractivity contribution >= 4 is 39.1 Å². The smallest absolute Gasteiger partial charge is 0.338 e. The predicted molar refractivity (Wildman–Crippen MR) is 98.3 cm³/mol. The van der Waals surface area contributed by atoms with Crippen molar-refractivity contribution in [3.05, 3.63) is 68.5 Å². The summed E-state index contributed by atoms with van der Waals surface area (Å²) in [7, 11) is 2.96. The number of nitrogens with zero attached hydrogens (tertiary/aromatic N) is 3. The fourth-order valence-electron chi connectivity index (χ4n) is 2.43. The molecular formula is C17H14N4O5S. The predicted octanol–water partition coefficient (Wildman–Crippen LogP) is 2.18. The molecule has 1 aromatic heterocycles. The van der Waals surface area contributed by atoms with Crippen molar-refractivity contribution < 1.29 is 19.2 Å². The zero-order valence-electron chi connectivity index (χ0n) is 14.3. The van der Waals surface area contributed by atoms with E-state index in [1.165, 1.54) is 17.4 Å². The van der Waals surface area contributed by atoms with Crippen LogP contribution in [-0.2, 0) is 11.8 Å². The Morgan fingerprint density at radius 2 is 1.93 bits per heavy atom. The molecular weight excluding hydrogens is 372 g/mol. The lowest BCUT2D eigenvalue weighted by molar-refractivity contribution is -0.384. The van der Waals surface area contributed by atoms with Crippen LogP contribution in [0.25, 0.3) is 10.2 Å². The van der Waals surface area contributed by atoms with E-state index >= 15 is 0 Å². The van der Waals surface area contributed by atoms with Crippen molar-refractivity contribution in [3.63, 3.8) is 0 Å².